The van der Waals surface area contributed by atoms with Crippen LogP contribution in [0.5, 0.6) is 0 Å². The molecule has 1 aromatic heterocycles. The Morgan fingerprint density at radius 1 is 1.28 bits per heavy atom. The van der Waals surface area contributed by atoms with Crippen LogP contribution in [-0.2, 0) is 11.3 Å². The van der Waals surface area contributed by atoms with Crippen molar-refractivity contribution >= 4 is 11.0 Å². The molecule has 0 amide bonds. The van der Waals surface area contributed by atoms with Gasteiger partial charge in [0.1, 0.15) is 11.3 Å². The summed E-state index contributed by atoms with van der Waals surface area (Å²) in [5.74, 6) is 1.01. The fourth-order valence-corrected chi connectivity index (χ4v) is 2.10. The van der Waals surface area contributed by atoms with Crippen molar-refractivity contribution in [2.24, 2.45) is 0 Å². The molecule has 98 valence electrons. The summed E-state index contributed by atoms with van der Waals surface area (Å²) in [6, 6.07) is 8.18. The van der Waals surface area contributed by atoms with Gasteiger partial charge in [0.05, 0.1) is 0 Å². The number of fused-ring (bicyclic) bond motifs is 1. The van der Waals surface area contributed by atoms with Crippen LogP contribution >= 0.6 is 0 Å². The van der Waals surface area contributed by atoms with Gasteiger partial charge in [0.25, 0.3) is 0 Å². The summed E-state index contributed by atoms with van der Waals surface area (Å²) in [5, 5.41) is 4.65. The number of benzene rings is 1. The monoisotopic (exact) mass is 247 g/mol. The van der Waals surface area contributed by atoms with Crippen LogP contribution in [0.15, 0.2) is 28.7 Å². The Bertz CT molecular complexity index is 490. The van der Waals surface area contributed by atoms with Crippen molar-refractivity contribution in [2.75, 3.05) is 19.8 Å². The maximum Gasteiger partial charge on any atom is 0.134 e. The number of nitrogens with one attached hydrogen (secondary N) is 1. The molecule has 0 aliphatic heterocycles. The van der Waals surface area contributed by atoms with Gasteiger partial charge in [0, 0.05) is 30.7 Å². The summed E-state index contributed by atoms with van der Waals surface area (Å²) in [4.78, 5) is 0. The summed E-state index contributed by atoms with van der Waals surface area (Å²) >= 11 is 0. The number of para-hydroxylation sites is 1. The number of rotatable bonds is 7. The molecule has 0 unspecified atom stereocenters. The second kappa shape index (κ2) is 6.57. The first-order valence-corrected chi connectivity index (χ1v) is 6.58. The van der Waals surface area contributed by atoms with E-state index in [9.17, 15) is 0 Å². The Kier molecular flexibility index (Phi) is 4.79. The highest BCUT2D eigenvalue weighted by atomic mass is 16.5. The molecule has 0 aliphatic carbocycles. The lowest BCUT2D eigenvalue weighted by atomic mass is 10.1. The third-order valence-corrected chi connectivity index (χ3v) is 3.05. The number of ether oxygens (including phenoxy) is 1. The highest BCUT2D eigenvalue weighted by Gasteiger charge is 2.09. The maximum atomic E-state index is 5.73. The quantitative estimate of drug-likeness (QED) is 0.763. The van der Waals surface area contributed by atoms with E-state index >= 15 is 0 Å². The third kappa shape index (κ3) is 3.12. The van der Waals surface area contributed by atoms with E-state index in [1.54, 1.807) is 0 Å². The second-order valence-corrected chi connectivity index (χ2v) is 4.36. The molecule has 0 atom stereocenters. The van der Waals surface area contributed by atoms with Crippen molar-refractivity contribution in [1.82, 2.24) is 5.32 Å². The summed E-state index contributed by atoms with van der Waals surface area (Å²) < 4.78 is 11.0. The SMILES string of the molecule is CCOCCCNCc1c(C)oc2ccccc12. The van der Waals surface area contributed by atoms with Gasteiger partial charge in [-0.2, -0.15) is 0 Å². The Morgan fingerprint density at radius 2 is 2.11 bits per heavy atom. The van der Waals surface area contributed by atoms with E-state index in [0.29, 0.717) is 0 Å². The van der Waals surface area contributed by atoms with Crippen LogP contribution in [0, 0.1) is 6.92 Å². The summed E-state index contributed by atoms with van der Waals surface area (Å²) in [5.41, 5.74) is 2.24. The van der Waals surface area contributed by atoms with Crippen LogP contribution in [0.4, 0.5) is 0 Å². The molecule has 18 heavy (non-hydrogen) atoms. The standard InChI is InChI=1S/C15H21NO2/c1-3-17-10-6-9-16-11-14-12(2)18-15-8-5-4-7-13(14)15/h4-5,7-8,16H,3,6,9-11H2,1-2H3. The van der Waals surface area contributed by atoms with Crippen LogP contribution in [0.2, 0.25) is 0 Å². The lowest BCUT2D eigenvalue weighted by molar-refractivity contribution is 0.144. The Hall–Kier alpha value is -1.32. The number of hydrogen-bond acceptors (Lipinski definition) is 3. The minimum atomic E-state index is 0.797. The molecular weight excluding hydrogens is 226 g/mol. The van der Waals surface area contributed by atoms with Gasteiger partial charge in [-0.05, 0) is 32.9 Å². The third-order valence-electron chi connectivity index (χ3n) is 3.05. The Labute approximate surface area is 108 Å². The van der Waals surface area contributed by atoms with Crippen molar-refractivity contribution in [1.29, 1.82) is 0 Å². The largest absolute Gasteiger partial charge is 0.461 e. The van der Waals surface area contributed by atoms with Gasteiger partial charge >= 0.3 is 0 Å². The van der Waals surface area contributed by atoms with Gasteiger partial charge in [0.2, 0.25) is 0 Å². The summed E-state index contributed by atoms with van der Waals surface area (Å²) in [6.07, 6.45) is 1.04. The molecule has 3 nitrogen and oxygen atoms in total. The topological polar surface area (TPSA) is 34.4 Å². The summed E-state index contributed by atoms with van der Waals surface area (Å²) in [6.45, 7) is 7.50. The van der Waals surface area contributed by atoms with Gasteiger partial charge in [-0.1, -0.05) is 18.2 Å². The van der Waals surface area contributed by atoms with Crippen molar-refractivity contribution in [2.45, 2.75) is 26.8 Å². The van der Waals surface area contributed by atoms with E-state index in [1.165, 1.54) is 10.9 Å². The van der Waals surface area contributed by atoms with Crippen LogP contribution in [0.3, 0.4) is 0 Å². The summed E-state index contributed by atoms with van der Waals surface area (Å²) in [7, 11) is 0. The molecule has 0 bridgehead atoms. The molecule has 1 aromatic carbocycles. The van der Waals surface area contributed by atoms with Gasteiger partial charge < -0.3 is 14.5 Å². The zero-order valence-electron chi connectivity index (χ0n) is 11.2. The van der Waals surface area contributed by atoms with E-state index in [2.05, 4.69) is 17.4 Å². The zero-order chi connectivity index (χ0) is 12.8. The zero-order valence-corrected chi connectivity index (χ0v) is 11.2. The first-order chi connectivity index (χ1) is 8.83. The molecule has 0 fully saturated rings. The predicted molar refractivity (Wildman–Crippen MR) is 73.8 cm³/mol. The molecule has 0 saturated carbocycles. The average Bonchev–Trinajstić information content (AvgIpc) is 2.70. The normalized spacial score (nSPS) is 11.2. The van der Waals surface area contributed by atoms with Gasteiger partial charge in [-0.15, -0.1) is 0 Å². The second-order valence-electron chi connectivity index (χ2n) is 4.36. The number of furan rings is 1. The highest BCUT2D eigenvalue weighted by molar-refractivity contribution is 5.82. The minimum absolute atomic E-state index is 0.797. The smallest absolute Gasteiger partial charge is 0.134 e. The van der Waals surface area contributed by atoms with Crippen molar-refractivity contribution in [3.63, 3.8) is 0 Å². The fourth-order valence-electron chi connectivity index (χ4n) is 2.10. The molecule has 3 heteroatoms. The Morgan fingerprint density at radius 3 is 2.94 bits per heavy atom. The van der Waals surface area contributed by atoms with Gasteiger partial charge in [-0.25, -0.2) is 0 Å². The minimum Gasteiger partial charge on any atom is -0.461 e. The van der Waals surface area contributed by atoms with Crippen molar-refractivity contribution in [3.05, 3.63) is 35.6 Å². The van der Waals surface area contributed by atoms with E-state index < -0.39 is 0 Å². The molecule has 1 N–H and O–H groups in total. The van der Waals surface area contributed by atoms with E-state index in [-0.39, 0.29) is 0 Å². The van der Waals surface area contributed by atoms with Crippen molar-refractivity contribution in [3.8, 4) is 0 Å². The molecule has 0 radical (unpaired) electrons. The molecule has 0 saturated heterocycles. The molecule has 2 aromatic rings. The van der Waals surface area contributed by atoms with Crippen LogP contribution in [-0.4, -0.2) is 19.8 Å². The first kappa shape index (κ1) is 13.1. The average molecular weight is 247 g/mol. The van der Waals surface area contributed by atoms with Crippen molar-refractivity contribution < 1.29 is 9.15 Å². The lowest BCUT2D eigenvalue weighted by Crippen LogP contribution is -2.16. The van der Waals surface area contributed by atoms with Crippen LogP contribution in [0.1, 0.15) is 24.7 Å². The number of hydrogen-bond donors (Lipinski definition) is 1. The fraction of sp³-hybridized carbons (Fsp3) is 0.467. The first-order valence-electron chi connectivity index (χ1n) is 6.58. The molecule has 0 aliphatic rings. The highest BCUT2D eigenvalue weighted by Crippen LogP contribution is 2.24. The van der Waals surface area contributed by atoms with Crippen LogP contribution < -0.4 is 5.32 Å². The van der Waals surface area contributed by atoms with E-state index in [0.717, 1.165) is 44.1 Å². The Balaban J connectivity index is 1.89. The maximum absolute atomic E-state index is 5.73. The number of aryl methyl sites for hydroxylation is 1. The van der Waals surface area contributed by atoms with E-state index in [4.69, 9.17) is 9.15 Å². The predicted octanol–water partition coefficient (Wildman–Crippen LogP) is 3.26. The molecule has 1 heterocycles. The molecule has 0 spiro atoms. The van der Waals surface area contributed by atoms with Gasteiger partial charge in [-0.3, -0.25) is 0 Å². The van der Waals surface area contributed by atoms with Gasteiger partial charge in [0.15, 0.2) is 0 Å². The lowest BCUT2D eigenvalue weighted by Gasteiger charge is -2.04. The van der Waals surface area contributed by atoms with Crippen LogP contribution in [0.25, 0.3) is 11.0 Å². The molecule has 2 rings (SSSR count). The van der Waals surface area contributed by atoms with E-state index in [1.807, 2.05) is 26.0 Å². The molecular formula is C15H21NO2.